The van der Waals surface area contributed by atoms with Gasteiger partial charge in [-0.05, 0) is 31.0 Å². The second-order valence-electron chi connectivity index (χ2n) is 5.33. The first-order valence-corrected chi connectivity index (χ1v) is 8.27. The van der Waals surface area contributed by atoms with E-state index in [-0.39, 0.29) is 11.5 Å². The van der Waals surface area contributed by atoms with Crippen LogP contribution < -0.4 is 5.73 Å². The minimum atomic E-state index is -0.403. The lowest BCUT2D eigenvalue weighted by Crippen LogP contribution is -2.08. The fourth-order valence-corrected chi connectivity index (χ4v) is 3.72. The maximum Gasteiger partial charge on any atom is 0.261 e. The van der Waals surface area contributed by atoms with Gasteiger partial charge in [-0.25, -0.2) is 4.39 Å². The molecule has 0 unspecified atom stereocenters. The lowest BCUT2D eigenvalue weighted by atomic mass is 10.0. The van der Waals surface area contributed by atoms with Gasteiger partial charge in [-0.1, -0.05) is 24.4 Å². The van der Waals surface area contributed by atoms with Crippen molar-refractivity contribution in [3.63, 3.8) is 0 Å². The first-order valence-electron chi connectivity index (χ1n) is 7.22. The summed E-state index contributed by atoms with van der Waals surface area (Å²) in [6.07, 6.45) is 6.49. The Morgan fingerprint density at radius 1 is 1.29 bits per heavy atom. The molecule has 2 N–H and O–H groups in total. The summed E-state index contributed by atoms with van der Waals surface area (Å²) < 4.78 is 18.9. The van der Waals surface area contributed by atoms with Crippen LogP contribution in [0.4, 0.5) is 10.1 Å². The van der Waals surface area contributed by atoms with E-state index in [1.807, 2.05) is 11.8 Å². The fraction of sp³-hybridized carbons (Fsp3) is 0.467. The molecule has 1 aliphatic carbocycles. The average Bonchev–Trinajstić information content (AvgIpc) is 2.97. The summed E-state index contributed by atoms with van der Waals surface area (Å²) in [7, 11) is 0. The fourth-order valence-electron chi connectivity index (χ4n) is 2.55. The van der Waals surface area contributed by atoms with E-state index in [4.69, 9.17) is 10.3 Å². The molecule has 0 saturated heterocycles. The highest BCUT2D eigenvalue weighted by Gasteiger charge is 2.17. The summed E-state index contributed by atoms with van der Waals surface area (Å²) >= 11 is 1.86. The van der Waals surface area contributed by atoms with Crippen LogP contribution in [0.5, 0.6) is 0 Å². The van der Waals surface area contributed by atoms with Crippen LogP contribution in [0, 0.1) is 5.82 Å². The Morgan fingerprint density at radius 2 is 2.10 bits per heavy atom. The van der Waals surface area contributed by atoms with Gasteiger partial charge in [0.25, 0.3) is 5.89 Å². The van der Waals surface area contributed by atoms with Gasteiger partial charge in [-0.3, -0.25) is 0 Å². The summed E-state index contributed by atoms with van der Waals surface area (Å²) in [6, 6.07) is 4.33. The van der Waals surface area contributed by atoms with Crippen molar-refractivity contribution in [1.82, 2.24) is 10.1 Å². The van der Waals surface area contributed by atoms with Gasteiger partial charge in [0, 0.05) is 10.9 Å². The Kier molecular flexibility index (Phi) is 4.43. The third-order valence-electron chi connectivity index (χ3n) is 3.69. The predicted octanol–water partition coefficient (Wildman–Crippen LogP) is 4.02. The summed E-state index contributed by atoms with van der Waals surface area (Å²) in [6.45, 7) is 0. The van der Waals surface area contributed by atoms with Crippen molar-refractivity contribution >= 4 is 17.4 Å². The summed E-state index contributed by atoms with van der Waals surface area (Å²) in [5, 5.41) is 4.62. The number of nitrogens with two attached hydrogens (primary N) is 1. The van der Waals surface area contributed by atoms with Gasteiger partial charge in [0.05, 0.1) is 11.3 Å². The van der Waals surface area contributed by atoms with Crippen LogP contribution in [0.3, 0.4) is 0 Å². The average molecular weight is 307 g/mol. The molecule has 0 aliphatic heterocycles. The highest BCUT2D eigenvalue weighted by atomic mass is 32.2. The quantitative estimate of drug-likeness (QED) is 0.864. The van der Waals surface area contributed by atoms with Crippen molar-refractivity contribution in [2.75, 3.05) is 5.73 Å². The highest BCUT2D eigenvalue weighted by Crippen LogP contribution is 2.30. The lowest BCUT2D eigenvalue weighted by Gasteiger charge is -2.19. The van der Waals surface area contributed by atoms with Crippen LogP contribution in [-0.4, -0.2) is 15.4 Å². The van der Waals surface area contributed by atoms with Crippen molar-refractivity contribution in [1.29, 1.82) is 0 Å². The number of thioether (sulfide) groups is 1. The molecule has 0 radical (unpaired) electrons. The number of benzene rings is 1. The molecule has 1 fully saturated rings. The smallest absolute Gasteiger partial charge is 0.261 e. The third kappa shape index (κ3) is 3.56. The van der Waals surface area contributed by atoms with Gasteiger partial charge < -0.3 is 10.3 Å². The normalized spacial score (nSPS) is 16.2. The molecule has 1 aliphatic rings. The molecular weight excluding hydrogens is 289 g/mol. The molecule has 1 aromatic carbocycles. The molecule has 2 aromatic rings. The second kappa shape index (κ2) is 6.47. The molecule has 3 rings (SSSR count). The van der Waals surface area contributed by atoms with Crippen LogP contribution in [-0.2, 0) is 5.75 Å². The number of rotatable bonds is 4. The van der Waals surface area contributed by atoms with E-state index >= 15 is 0 Å². The highest BCUT2D eigenvalue weighted by molar-refractivity contribution is 7.99. The zero-order valence-electron chi connectivity index (χ0n) is 11.7. The van der Waals surface area contributed by atoms with Gasteiger partial charge in [0.2, 0.25) is 0 Å². The Hall–Kier alpha value is -1.56. The summed E-state index contributed by atoms with van der Waals surface area (Å²) in [5.74, 6) is 1.11. The molecule has 0 amide bonds. The van der Waals surface area contributed by atoms with Crippen LogP contribution in [0.2, 0.25) is 0 Å². The molecule has 4 nitrogen and oxygen atoms in total. The number of halogens is 1. The predicted molar refractivity (Wildman–Crippen MR) is 82.3 cm³/mol. The number of hydrogen-bond acceptors (Lipinski definition) is 5. The maximum atomic E-state index is 13.8. The monoisotopic (exact) mass is 307 g/mol. The SMILES string of the molecule is Nc1ccc(F)c(-c2nc(CSC3CCCCC3)no2)c1. The van der Waals surface area contributed by atoms with E-state index in [2.05, 4.69) is 10.1 Å². The van der Waals surface area contributed by atoms with E-state index in [0.717, 1.165) is 0 Å². The van der Waals surface area contributed by atoms with Gasteiger partial charge in [0.15, 0.2) is 5.82 Å². The molecule has 1 heterocycles. The standard InChI is InChI=1S/C15H18FN3OS/c16-13-7-6-10(17)8-12(13)15-18-14(19-20-15)9-21-11-4-2-1-3-5-11/h6-8,11H,1-5,9,17H2. The Labute approximate surface area is 127 Å². The minimum Gasteiger partial charge on any atom is -0.399 e. The van der Waals surface area contributed by atoms with Crippen LogP contribution in [0.1, 0.15) is 37.9 Å². The first kappa shape index (κ1) is 14.4. The first-order chi connectivity index (χ1) is 10.2. The molecule has 0 bridgehead atoms. The number of aromatic nitrogens is 2. The third-order valence-corrected chi connectivity index (χ3v) is 5.06. The number of nitrogens with zero attached hydrogens (tertiary/aromatic N) is 2. The van der Waals surface area contributed by atoms with E-state index in [9.17, 15) is 4.39 Å². The largest absolute Gasteiger partial charge is 0.399 e. The minimum absolute atomic E-state index is 0.194. The topological polar surface area (TPSA) is 64.9 Å². The van der Waals surface area contributed by atoms with E-state index in [1.165, 1.54) is 50.3 Å². The van der Waals surface area contributed by atoms with Gasteiger partial charge in [-0.2, -0.15) is 16.7 Å². The molecule has 6 heteroatoms. The lowest BCUT2D eigenvalue weighted by molar-refractivity contribution is 0.422. The Balaban J connectivity index is 1.66. The van der Waals surface area contributed by atoms with Crippen molar-refractivity contribution in [3.8, 4) is 11.5 Å². The number of hydrogen-bond donors (Lipinski definition) is 1. The zero-order valence-corrected chi connectivity index (χ0v) is 12.5. The van der Waals surface area contributed by atoms with Gasteiger partial charge >= 0.3 is 0 Å². The van der Waals surface area contributed by atoms with Crippen molar-refractivity contribution in [2.24, 2.45) is 0 Å². The molecule has 112 valence electrons. The van der Waals surface area contributed by atoms with Gasteiger partial charge in [-0.15, -0.1) is 0 Å². The summed E-state index contributed by atoms with van der Waals surface area (Å²) in [5.41, 5.74) is 6.40. The molecule has 0 spiro atoms. The van der Waals surface area contributed by atoms with E-state index in [0.29, 0.717) is 22.5 Å². The van der Waals surface area contributed by atoms with Crippen molar-refractivity contribution in [3.05, 3.63) is 29.8 Å². The summed E-state index contributed by atoms with van der Waals surface area (Å²) in [4.78, 5) is 4.27. The maximum absolute atomic E-state index is 13.8. The number of anilines is 1. The Morgan fingerprint density at radius 3 is 2.90 bits per heavy atom. The van der Waals surface area contributed by atoms with Gasteiger partial charge in [0.1, 0.15) is 5.82 Å². The van der Waals surface area contributed by atoms with Crippen LogP contribution in [0.25, 0.3) is 11.5 Å². The Bertz CT molecular complexity index is 611. The second-order valence-corrected chi connectivity index (χ2v) is 6.61. The molecule has 1 aromatic heterocycles. The number of nitrogen functional groups attached to an aromatic ring is 1. The molecule has 0 atom stereocenters. The van der Waals surface area contributed by atoms with E-state index in [1.54, 1.807) is 0 Å². The van der Waals surface area contributed by atoms with Crippen molar-refractivity contribution in [2.45, 2.75) is 43.1 Å². The zero-order chi connectivity index (χ0) is 14.7. The van der Waals surface area contributed by atoms with E-state index < -0.39 is 5.82 Å². The molecule has 21 heavy (non-hydrogen) atoms. The van der Waals surface area contributed by atoms with Crippen LogP contribution in [0.15, 0.2) is 22.7 Å². The van der Waals surface area contributed by atoms with Crippen LogP contribution >= 0.6 is 11.8 Å². The van der Waals surface area contributed by atoms with Crippen molar-refractivity contribution < 1.29 is 8.91 Å². The molecular formula is C15H18FN3OS. The molecule has 1 saturated carbocycles.